The number of H-pyrrole nitrogens is 1. The number of para-hydroxylation sites is 1. The third-order valence-electron chi connectivity index (χ3n) is 6.20. The van der Waals surface area contributed by atoms with Gasteiger partial charge in [-0.3, -0.25) is 9.59 Å². The molecule has 0 fully saturated rings. The molecule has 0 spiro atoms. The molecule has 2 amide bonds. The maximum atomic E-state index is 13.2. The second-order valence-corrected chi connectivity index (χ2v) is 8.49. The van der Waals surface area contributed by atoms with Crippen LogP contribution in [-0.2, 0) is 4.79 Å². The highest BCUT2D eigenvalue weighted by molar-refractivity contribution is 6.01. The average molecular weight is 418 g/mol. The molecule has 0 saturated heterocycles. The fourth-order valence-corrected chi connectivity index (χ4v) is 4.60. The van der Waals surface area contributed by atoms with Crippen molar-refractivity contribution in [3.63, 3.8) is 0 Å². The van der Waals surface area contributed by atoms with Crippen molar-refractivity contribution in [2.75, 3.05) is 6.54 Å². The summed E-state index contributed by atoms with van der Waals surface area (Å²) in [5.41, 5.74) is 3.85. The quantitative estimate of drug-likeness (QED) is 0.471. The molecular weight excluding hydrogens is 386 g/mol. The van der Waals surface area contributed by atoms with Crippen LogP contribution in [0.1, 0.15) is 73.5 Å². The molecule has 2 atom stereocenters. The number of unbranched alkanes of at least 4 members (excludes halogenated alkanes) is 2. The van der Waals surface area contributed by atoms with E-state index >= 15 is 0 Å². The summed E-state index contributed by atoms with van der Waals surface area (Å²) < 4.78 is 0. The fourth-order valence-electron chi connectivity index (χ4n) is 4.60. The first kappa shape index (κ1) is 21.2. The average Bonchev–Trinajstić information content (AvgIpc) is 3.31. The maximum absolute atomic E-state index is 13.2. The Balaban J connectivity index is 1.52. The first-order valence-electron chi connectivity index (χ1n) is 11.4. The van der Waals surface area contributed by atoms with Gasteiger partial charge in [-0.05, 0) is 31.0 Å². The zero-order valence-electron chi connectivity index (χ0n) is 18.4. The van der Waals surface area contributed by atoms with Gasteiger partial charge in [-0.25, -0.2) is 0 Å². The molecule has 1 aromatic heterocycles. The first-order chi connectivity index (χ1) is 15.1. The van der Waals surface area contributed by atoms with Gasteiger partial charge in [-0.15, -0.1) is 0 Å². The van der Waals surface area contributed by atoms with Gasteiger partial charge in [0.15, 0.2) is 0 Å². The molecule has 0 unspecified atom stereocenters. The maximum Gasteiger partial charge on any atom is 0.255 e. The number of amides is 2. The summed E-state index contributed by atoms with van der Waals surface area (Å²) in [6, 6.07) is 15.9. The van der Waals surface area contributed by atoms with Crippen molar-refractivity contribution in [2.45, 2.75) is 58.0 Å². The number of hydrogen-bond donors (Lipinski definition) is 2. The predicted molar refractivity (Wildman–Crippen MR) is 124 cm³/mol. The van der Waals surface area contributed by atoms with Crippen molar-refractivity contribution < 1.29 is 9.59 Å². The molecule has 2 aromatic carbocycles. The largest absolute Gasteiger partial charge is 0.361 e. The van der Waals surface area contributed by atoms with E-state index in [1.807, 2.05) is 53.6 Å². The van der Waals surface area contributed by atoms with Gasteiger partial charge < -0.3 is 15.2 Å². The van der Waals surface area contributed by atoms with E-state index in [0.29, 0.717) is 13.0 Å². The zero-order valence-corrected chi connectivity index (χ0v) is 18.4. The van der Waals surface area contributed by atoms with Crippen molar-refractivity contribution in [3.05, 3.63) is 71.4 Å². The Morgan fingerprint density at radius 3 is 2.71 bits per heavy atom. The molecule has 2 heterocycles. The SMILES string of the molecule is CCCCC[C@@H](C)NC(=O)CCN1C(=O)c2ccccc2[C@H]1c1c[nH]c2ccccc12. The Hall–Kier alpha value is -3.08. The smallest absolute Gasteiger partial charge is 0.255 e. The Kier molecular flexibility index (Phi) is 6.40. The van der Waals surface area contributed by atoms with Crippen molar-refractivity contribution >= 4 is 22.7 Å². The summed E-state index contributed by atoms with van der Waals surface area (Å²) in [4.78, 5) is 31.0. The number of hydrogen-bond acceptors (Lipinski definition) is 2. The second kappa shape index (κ2) is 9.38. The summed E-state index contributed by atoms with van der Waals surface area (Å²) >= 11 is 0. The van der Waals surface area contributed by atoms with Crippen LogP contribution in [0.4, 0.5) is 0 Å². The minimum atomic E-state index is -0.186. The minimum absolute atomic E-state index is 0.00493. The number of benzene rings is 2. The molecule has 0 radical (unpaired) electrons. The number of fused-ring (bicyclic) bond motifs is 2. The molecule has 0 aliphatic carbocycles. The van der Waals surface area contributed by atoms with Crippen molar-refractivity contribution in [1.29, 1.82) is 0 Å². The number of nitrogens with one attached hydrogen (secondary N) is 2. The monoisotopic (exact) mass is 417 g/mol. The van der Waals surface area contributed by atoms with Crippen LogP contribution >= 0.6 is 0 Å². The number of rotatable bonds is 9. The molecule has 162 valence electrons. The summed E-state index contributed by atoms with van der Waals surface area (Å²) in [5, 5.41) is 4.20. The van der Waals surface area contributed by atoms with Crippen LogP contribution in [0.15, 0.2) is 54.7 Å². The lowest BCUT2D eigenvalue weighted by atomic mass is 9.97. The van der Waals surface area contributed by atoms with E-state index in [2.05, 4.69) is 30.2 Å². The van der Waals surface area contributed by atoms with E-state index in [1.54, 1.807) is 0 Å². The van der Waals surface area contributed by atoms with Crippen LogP contribution in [0.3, 0.4) is 0 Å². The van der Waals surface area contributed by atoms with Gasteiger partial charge in [0, 0.05) is 47.2 Å². The summed E-state index contributed by atoms with van der Waals surface area (Å²) in [6.07, 6.45) is 6.77. The van der Waals surface area contributed by atoms with Crippen LogP contribution in [0.2, 0.25) is 0 Å². The fraction of sp³-hybridized carbons (Fsp3) is 0.385. The van der Waals surface area contributed by atoms with E-state index in [4.69, 9.17) is 0 Å². The summed E-state index contributed by atoms with van der Waals surface area (Å²) in [5.74, 6) is 0.0000988. The van der Waals surface area contributed by atoms with Crippen LogP contribution in [0.5, 0.6) is 0 Å². The number of carbonyl (C=O) groups excluding carboxylic acids is 2. The highest BCUT2D eigenvalue weighted by Gasteiger charge is 2.38. The van der Waals surface area contributed by atoms with Crippen molar-refractivity contribution in [2.24, 2.45) is 0 Å². The van der Waals surface area contributed by atoms with Gasteiger partial charge in [0.1, 0.15) is 0 Å². The van der Waals surface area contributed by atoms with Gasteiger partial charge in [-0.1, -0.05) is 62.6 Å². The van der Waals surface area contributed by atoms with Gasteiger partial charge in [0.2, 0.25) is 5.91 Å². The lowest BCUT2D eigenvalue weighted by Crippen LogP contribution is -2.37. The van der Waals surface area contributed by atoms with E-state index in [-0.39, 0.29) is 23.9 Å². The Morgan fingerprint density at radius 2 is 1.87 bits per heavy atom. The lowest BCUT2D eigenvalue weighted by molar-refractivity contribution is -0.122. The van der Waals surface area contributed by atoms with Crippen molar-refractivity contribution in [3.8, 4) is 0 Å². The summed E-state index contributed by atoms with van der Waals surface area (Å²) in [6.45, 7) is 4.63. The van der Waals surface area contributed by atoms with Gasteiger partial charge >= 0.3 is 0 Å². The van der Waals surface area contributed by atoms with Crippen LogP contribution < -0.4 is 5.32 Å². The molecule has 4 rings (SSSR count). The molecular formula is C26H31N3O2. The van der Waals surface area contributed by atoms with E-state index in [0.717, 1.165) is 40.4 Å². The third-order valence-corrected chi connectivity index (χ3v) is 6.20. The van der Waals surface area contributed by atoms with Crippen LogP contribution in [-0.4, -0.2) is 34.3 Å². The predicted octanol–water partition coefficient (Wildman–Crippen LogP) is 5.19. The third kappa shape index (κ3) is 4.36. The molecule has 3 aromatic rings. The first-order valence-corrected chi connectivity index (χ1v) is 11.4. The second-order valence-electron chi connectivity index (χ2n) is 8.49. The lowest BCUT2D eigenvalue weighted by Gasteiger charge is -2.25. The number of aromatic nitrogens is 1. The standard InChI is InChI=1S/C26H31N3O2/c1-3-4-5-10-18(2)28-24(30)15-16-29-25(20-12-6-7-13-21(20)26(29)31)22-17-27-23-14-9-8-11-19(22)23/h6-9,11-14,17-18,25,27H,3-5,10,15-16H2,1-2H3,(H,28,30)/t18-,25+/m1/s1. The molecule has 2 N–H and O–H groups in total. The molecule has 0 saturated carbocycles. The van der Waals surface area contributed by atoms with E-state index in [9.17, 15) is 9.59 Å². The van der Waals surface area contributed by atoms with Crippen LogP contribution in [0, 0.1) is 0 Å². The van der Waals surface area contributed by atoms with E-state index < -0.39 is 0 Å². The van der Waals surface area contributed by atoms with Gasteiger partial charge in [0.25, 0.3) is 5.91 Å². The topological polar surface area (TPSA) is 65.2 Å². The molecule has 31 heavy (non-hydrogen) atoms. The number of aromatic amines is 1. The van der Waals surface area contributed by atoms with E-state index in [1.165, 1.54) is 12.8 Å². The van der Waals surface area contributed by atoms with Crippen molar-refractivity contribution in [1.82, 2.24) is 15.2 Å². The Morgan fingerprint density at radius 1 is 1.10 bits per heavy atom. The minimum Gasteiger partial charge on any atom is -0.361 e. The molecule has 5 heteroatoms. The normalized spacial score (nSPS) is 16.5. The Bertz CT molecular complexity index is 1070. The number of carbonyl (C=O) groups is 2. The molecule has 1 aliphatic heterocycles. The number of nitrogens with zero attached hydrogens (tertiary/aromatic N) is 1. The van der Waals surface area contributed by atoms with Gasteiger partial charge in [0.05, 0.1) is 6.04 Å². The van der Waals surface area contributed by atoms with Gasteiger partial charge in [-0.2, -0.15) is 0 Å². The summed E-state index contributed by atoms with van der Waals surface area (Å²) in [7, 11) is 0. The zero-order chi connectivity index (χ0) is 21.8. The molecule has 1 aliphatic rings. The highest BCUT2D eigenvalue weighted by atomic mass is 16.2. The Labute approximate surface area is 183 Å². The molecule has 0 bridgehead atoms. The van der Waals surface area contributed by atoms with Crippen LogP contribution in [0.25, 0.3) is 10.9 Å². The highest BCUT2D eigenvalue weighted by Crippen LogP contribution is 2.41. The molecule has 5 nitrogen and oxygen atoms in total.